The third kappa shape index (κ3) is 2.06. The molecular formula is C14H11ClN3O+. The number of fused-ring (bicyclic) bond motifs is 1. The van der Waals surface area contributed by atoms with Gasteiger partial charge in [0.1, 0.15) is 6.21 Å². The molecule has 0 unspecified atom stereocenters. The van der Waals surface area contributed by atoms with E-state index in [0.717, 1.165) is 22.6 Å². The van der Waals surface area contributed by atoms with E-state index in [1.54, 1.807) is 0 Å². The molecule has 1 aromatic carbocycles. The van der Waals surface area contributed by atoms with Crippen molar-refractivity contribution < 1.29 is 9.61 Å². The summed E-state index contributed by atoms with van der Waals surface area (Å²) in [6.45, 7) is 0. The number of aromatic nitrogens is 2. The Morgan fingerprint density at radius 2 is 1.95 bits per heavy atom. The van der Waals surface area contributed by atoms with E-state index in [4.69, 9.17) is 16.8 Å². The fourth-order valence-corrected chi connectivity index (χ4v) is 2.21. The maximum atomic E-state index is 8.72. The highest BCUT2D eigenvalue weighted by atomic mass is 35.5. The average molecular weight is 273 g/mol. The molecule has 0 atom stereocenters. The monoisotopic (exact) mass is 272 g/mol. The van der Waals surface area contributed by atoms with E-state index in [-0.39, 0.29) is 0 Å². The lowest BCUT2D eigenvalue weighted by molar-refractivity contribution is -0.498. The second-order valence-electron chi connectivity index (χ2n) is 4.09. The smallest absolute Gasteiger partial charge is 0.292 e. The van der Waals surface area contributed by atoms with Gasteiger partial charge in [-0.15, -0.1) is 0 Å². The lowest BCUT2D eigenvalue weighted by atomic mass is 10.2. The SMILES string of the molecule is ON=Cc1[nH]c(-c2ccc(Cl)cc2)[n+]2ccccc12. The first-order valence-electron chi connectivity index (χ1n) is 5.75. The predicted octanol–water partition coefficient (Wildman–Crippen LogP) is 2.88. The fourth-order valence-electron chi connectivity index (χ4n) is 2.08. The number of hydrogen-bond acceptors (Lipinski definition) is 2. The Kier molecular flexibility index (Phi) is 2.93. The Balaban J connectivity index is 2.26. The van der Waals surface area contributed by atoms with Crippen LogP contribution >= 0.6 is 11.6 Å². The quantitative estimate of drug-likeness (QED) is 0.320. The first-order valence-corrected chi connectivity index (χ1v) is 6.13. The molecule has 3 rings (SSSR count). The van der Waals surface area contributed by atoms with Crippen LogP contribution in [0.15, 0.2) is 53.8 Å². The minimum Gasteiger partial charge on any atom is -0.411 e. The highest BCUT2D eigenvalue weighted by molar-refractivity contribution is 6.30. The second-order valence-corrected chi connectivity index (χ2v) is 4.53. The molecule has 0 amide bonds. The molecule has 3 aromatic rings. The minimum absolute atomic E-state index is 0.696. The predicted molar refractivity (Wildman–Crippen MR) is 73.8 cm³/mol. The van der Waals surface area contributed by atoms with Gasteiger partial charge in [-0.2, -0.15) is 4.40 Å². The van der Waals surface area contributed by atoms with E-state index in [2.05, 4.69) is 10.1 Å². The molecular weight excluding hydrogens is 262 g/mol. The number of pyridine rings is 1. The molecule has 0 aliphatic heterocycles. The molecule has 0 aliphatic rings. The maximum absolute atomic E-state index is 8.72. The van der Waals surface area contributed by atoms with Crippen molar-refractivity contribution in [2.24, 2.45) is 5.16 Å². The summed E-state index contributed by atoms with van der Waals surface area (Å²) in [5, 5.41) is 12.5. The van der Waals surface area contributed by atoms with Gasteiger partial charge in [0, 0.05) is 5.02 Å². The van der Waals surface area contributed by atoms with Crippen molar-refractivity contribution in [2.75, 3.05) is 0 Å². The largest absolute Gasteiger partial charge is 0.411 e. The molecule has 94 valence electrons. The zero-order valence-electron chi connectivity index (χ0n) is 9.92. The number of rotatable bonds is 2. The summed E-state index contributed by atoms with van der Waals surface area (Å²) in [4.78, 5) is 3.24. The number of oxime groups is 1. The van der Waals surface area contributed by atoms with Crippen LogP contribution in [0.5, 0.6) is 0 Å². The summed E-state index contributed by atoms with van der Waals surface area (Å²) >= 11 is 5.90. The third-order valence-electron chi connectivity index (χ3n) is 2.93. The van der Waals surface area contributed by atoms with Crippen LogP contribution in [-0.2, 0) is 0 Å². The lowest BCUT2D eigenvalue weighted by Gasteiger charge is -1.94. The molecule has 0 bridgehead atoms. The van der Waals surface area contributed by atoms with Gasteiger partial charge in [-0.1, -0.05) is 22.8 Å². The molecule has 0 fully saturated rings. The number of H-pyrrole nitrogens is 1. The van der Waals surface area contributed by atoms with E-state index in [1.807, 2.05) is 53.1 Å². The number of nitrogens with one attached hydrogen (secondary N) is 1. The summed E-state index contributed by atoms with van der Waals surface area (Å²) in [7, 11) is 0. The topological polar surface area (TPSA) is 52.5 Å². The highest BCUT2D eigenvalue weighted by Crippen LogP contribution is 2.19. The first-order chi connectivity index (χ1) is 9.29. The van der Waals surface area contributed by atoms with Gasteiger partial charge < -0.3 is 5.21 Å². The number of hydrogen-bond donors (Lipinski definition) is 2. The minimum atomic E-state index is 0.696. The molecule has 0 aliphatic carbocycles. The highest BCUT2D eigenvalue weighted by Gasteiger charge is 2.18. The summed E-state index contributed by atoms with van der Waals surface area (Å²) < 4.78 is 2.00. The van der Waals surface area contributed by atoms with Crippen molar-refractivity contribution in [3.8, 4) is 11.4 Å². The van der Waals surface area contributed by atoms with Gasteiger partial charge in [-0.25, -0.2) is 4.98 Å². The molecule has 2 heterocycles. The number of benzene rings is 1. The van der Waals surface area contributed by atoms with Crippen LogP contribution in [0.1, 0.15) is 5.69 Å². The van der Waals surface area contributed by atoms with Crippen LogP contribution in [0.3, 0.4) is 0 Å². The zero-order chi connectivity index (χ0) is 13.2. The van der Waals surface area contributed by atoms with Crippen LogP contribution in [0.25, 0.3) is 16.9 Å². The van der Waals surface area contributed by atoms with E-state index in [9.17, 15) is 0 Å². The van der Waals surface area contributed by atoms with Gasteiger partial charge in [0.15, 0.2) is 11.2 Å². The van der Waals surface area contributed by atoms with Gasteiger partial charge in [-0.3, -0.25) is 0 Å². The van der Waals surface area contributed by atoms with E-state index < -0.39 is 0 Å². The maximum Gasteiger partial charge on any atom is 0.292 e. The zero-order valence-corrected chi connectivity index (χ0v) is 10.7. The van der Waals surface area contributed by atoms with E-state index in [0.29, 0.717) is 5.02 Å². The third-order valence-corrected chi connectivity index (χ3v) is 3.19. The Morgan fingerprint density at radius 3 is 2.68 bits per heavy atom. The van der Waals surface area contributed by atoms with Crippen molar-refractivity contribution in [2.45, 2.75) is 0 Å². The second kappa shape index (κ2) is 4.74. The fraction of sp³-hybridized carbons (Fsp3) is 0. The van der Waals surface area contributed by atoms with E-state index >= 15 is 0 Å². The Hall–Kier alpha value is -2.33. The summed E-state index contributed by atoms with van der Waals surface area (Å²) in [5.74, 6) is 0.905. The average Bonchev–Trinajstić information content (AvgIpc) is 2.80. The Morgan fingerprint density at radius 1 is 1.16 bits per heavy atom. The molecule has 19 heavy (non-hydrogen) atoms. The molecule has 2 N–H and O–H groups in total. The van der Waals surface area contributed by atoms with Crippen molar-refractivity contribution in [3.63, 3.8) is 0 Å². The lowest BCUT2D eigenvalue weighted by Crippen LogP contribution is -2.21. The Labute approximate surface area is 114 Å². The van der Waals surface area contributed by atoms with Crippen LogP contribution in [0, 0.1) is 0 Å². The van der Waals surface area contributed by atoms with Gasteiger partial charge in [0.25, 0.3) is 5.82 Å². The Bertz CT molecular complexity index is 747. The van der Waals surface area contributed by atoms with Crippen molar-refractivity contribution in [1.82, 2.24) is 4.98 Å². The van der Waals surface area contributed by atoms with E-state index in [1.165, 1.54) is 6.21 Å². The van der Waals surface area contributed by atoms with Gasteiger partial charge in [-0.05, 0) is 36.4 Å². The standard InChI is InChI=1S/C14H10ClN3O/c15-11-6-4-10(5-7-11)14-17-12(9-16-19)13-3-1-2-8-18(13)14/h1-9,19H/p+1. The normalized spacial score (nSPS) is 11.4. The molecule has 0 saturated heterocycles. The van der Waals surface area contributed by atoms with Crippen LogP contribution < -0.4 is 4.40 Å². The molecule has 5 heteroatoms. The van der Waals surface area contributed by atoms with Gasteiger partial charge >= 0.3 is 0 Å². The van der Waals surface area contributed by atoms with Gasteiger partial charge in [0.2, 0.25) is 0 Å². The molecule has 0 radical (unpaired) electrons. The van der Waals surface area contributed by atoms with Crippen molar-refractivity contribution in [1.29, 1.82) is 0 Å². The number of aromatic amines is 1. The molecule has 0 spiro atoms. The molecule has 4 nitrogen and oxygen atoms in total. The molecule has 0 saturated carbocycles. The number of nitrogens with zero attached hydrogens (tertiary/aromatic N) is 2. The molecule has 2 aromatic heterocycles. The number of imidazole rings is 1. The van der Waals surface area contributed by atoms with Crippen LogP contribution in [0.4, 0.5) is 0 Å². The number of halogens is 1. The van der Waals surface area contributed by atoms with Crippen molar-refractivity contribution in [3.05, 3.63) is 59.4 Å². The van der Waals surface area contributed by atoms with Crippen LogP contribution in [0.2, 0.25) is 5.02 Å². The van der Waals surface area contributed by atoms with Crippen LogP contribution in [-0.4, -0.2) is 16.4 Å². The first kappa shape index (κ1) is 11.7. The summed E-state index contributed by atoms with van der Waals surface area (Å²) in [5.41, 5.74) is 2.68. The van der Waals surface area contributed by atoms with Gasteiger partial charge in [0.05, 0.1) is 11.8 Å². The summed E-state index contributed by atoms with van der Waals surface area (Å²) in [6, 6.07) is 13.4. The summed E-state index contributed by atoms with van der Waals surface area (Å²) in [6.07, 6.45) is 3.33. The van der Waals surface area contributed by atoms with Crippen molar-refractivity contribution >= 4 is 23.3 Å².